The molecule has 1 unspecified atom stereocenters. The summed E-state index contributed by atoms with van der Waals surface area (Å²) in [6, 6.07) is 23.7. The molecule has 3 aromatic carbocycles. The normalized spacial score (nSPS) is 15.8. The van der Waals surface area contributed by atoms with E-state index in [1.807, 2.05) is 66.7 Å². The Kier molecular flexibility index (Phi) is 5.65. The highest BCUT2D eigenvalue weighted by Gasteiger charge is 2.35. The topological polar surface area (TPSA) is 68.5 Å². The van der Waals surface area contributed by atoms with Crippen molar-refractivity contribution in [1.82, 2.24) is 10.1 Å². The van der Waals surface area contributed by atoms with Crippen LogP contribution in [0.25, 0.3) is 11.4 Å². The highest BCUT2D eigenvalue weighted by molar-refractivity contribution is 5.96. The second kappa shape index (κ2) is 8.90. The number of carbonyl (C=O) groups excluding carboxylic acids is 1. The lowest BCUT2D eigenvalue weighted by Crippen LogP contribution is -2.24. The van der Waals surface area contributed by atoms with Crippen molar-refractivity contribution in [2.75, 3.05) is 11.4 Å². The zero-order chi connectivity index (χ0) is 22.8. The summed E-state index contributed by atoms with van der Waals surface area (Å²) in [5, 5.41) is 4.15. The third kappa shape index (κ3) is 4.51. The number of rotatable bonds is 6. The number of ether oxygens (including phenoxy) is 1. The van der Waals surface area contributed by atoms with E-state index < -0.39 is 0 Å². The van der Waals surface area contributed by atoms with Gasteiger partial charge in [-0.3, -0.25) is 4.79 Å². The molecule has 1 aromatic heterocycles. The molecule has 0 N–H and O–H groups in total. The number of hydrogen-bond acceptors (Lipinski definition) is 5. The van der Waals surface area contributed by atoms with Gasteiger partial charge in [0.1, 0.15) is 12.4 Å². The number of aryl methyl sites for hydroxylation is 2. The van der Waals surface area contributed by atoms with Gasteiger partial charge in [0, 0.05) is 24.2 Å². The van der Waals surface area contributed by atoms with E-state index in [-0.39, 0.29) is 11.8 Å². The molecule has 1 saturated heterocycles. The van der Waals surface area contributed by atoms with Crippen molar-refractivity contribution in [3.8, 4) is 17.1 Å². The average Bonchev–Trinajstić information content (AvgIpc) is 3.48. The summed E-state index contributed by atoms with van der Waals surface area (Å²) in [5.41, 5.74) is 5.24. The molecule has 0 aliphatic carbocycles. The van der Waals surface area contributed by atoms with Gasteiger partial charge in [-0.15, -0.1) is 0 Å². The molecule has 6 heteroatoms. The summed E-state index contributed by atoms with van der Waals surface area (Å²) in [5.74, 6) is 1.74. The molecule has 5 rings (SSSR count). The number of aromatic nitrogens is 2. The van der Waals surface area contributed by atoms with Crippen LogP contribution in [0.3, 0.4) is 0 Å². The van der Waals surface area contributed by atoms with Crippen LogP contribution in [0.4, 0.5) is 5.69 Å². The number of carbonyl (C=O) groups is 1. The molecular formula is C27H25N3O3. The van der Waals surface area contributed by atoms with Crippen LogP contribution in [0.2, 0.25) is 0 Å². The smallest absolute Gasteiger partial charge is 0.232 e. The van der Waals surface area contributed by atoms with Crippen LogP contribution < -0.4 is 9.64 Å². The summed E-state index contributed by atoms with van der Waals surface area (Å²) in [6.07, 6.45) is 0.362. The number of benzene rings is 3. The summed E-state index contributed by atoms with van der Waals surface area (Å²) < 4.78 is 11.4. The van der Waals surface area contributed by atoms with E-state index in [9.17, 15) is 4.79 Å². The van der Waals surface area contributed by atoms with Crippen molar-refractivity contribution in [2.45, 2.75) is 32.8 Å². The maximum Gasteiger partial charge on any atom is 0.232 e. The van der Waals surface area contributed by atoms with Gasteiger partial charge < -0.3 is 14.2 Å². The Morgan fingerprint density at radius 3 is 2.55 bits per heavy atom. The molecule has 1 fully saturated rings. The Morgan fingerprint density at radius 2 is 1.79 bits per heavy atom. The second-order valence-electron chi connectivity index (χ2n) is 8.43. The maximum absolute atomic E-state index is 12.7. The fraction of sp³-hybridized carbons (Fsp3) is 0.222. The van der Waals surface area contributed by atoms with E-state index >= 15 is 0 Å². The van der Waals surface area contributed by atoms with Crippen LogP contribution in [-0.2, 0) is 11.4 Å². The van der Waals surface area contributed by atoms with Gasteiger partial charge in [-0.2, -0.15) is 4.98 Å². The Hall–Kier alpha value is -3.93. The summed E-state index contributed by atoms with van der Waals surface area (Å²) in [4.78, 5) is 19.0. The molecule has 0 saturated carbocycles. The van der Waals surface area contributed by atoms with Crippen molar-refractivity contribution in [2.24, 2.45) is 0 Å². The number of amides is 1. The summed E-state index contributed by atoms with van der Waals surface area (Å²) in [7, 11) is 0. The minimum atomic E-state index is -0.117. The van der Waals surface area contributed by atoms with E-state index in [1.54, 1.807) is 4.90 Å². The molecule has 1 atom stereocenters. The Morgan fingerprint density at radius 1 is 1.00 bits per heavy atom. The van der Waals surface area contributed by atoms with Gasteiger partial charge in [0.25, 0.3) is 0 Å². The highest BCUT2D eigenvalue weighted by Crippen LogP contribution is 2.33. The van der Waals surface area contributed by atoms with Gasteiger partial charge in [0.15, 0.2) is 0 Å². The summed E-state index contributed by atoms with van der Waals surface area (Å²) >= 11 is 0. The molecule has 4 aromatic rings. The number of anilines is 1. The monoisotopic (exact) mass is 439 g/mol. The molecule has 166 valence electrons. The van der Waals surface area contributed by atoms with Gasteiger partial charge in [-0.05, 0) is 66.9 Å². The molecule has 0 radical (unpaired) electrons. The molecule has 1 aliphatic heterocycles. The number of nitrogens with zero attached hydrogens (tertiary/aromatic N) is 3. The zero-order valence-electron chi connectivity index (χ0n) is 18.7. The van der Waals surface area contributed by atoms with E-state index in [2.05, 4.69) is 30.1 Å². The summed E-state index contributed by atoms with van der Waals surface area (Å²) in [6.45, 7) is 5.17. The van der Waals surface area contributed by atoms with Gasteiger partial charge >= 0.3 is 0 Å². The van der Waals surface area contributed by atoms with Crippen LogP contribution in [0.5, 0.6) is 5.75 Å². The molecule has 1 amide bonds. The van der Waals surface area contributed by atoms with E-state index in [0.717, 1.165) is 22.6 Å². The fourth-order valence-corrected chi connectivity index (χ4v) is 3.98. The zero-order valence-corrected chi connectivity index (χ0v) is 18.7. The highest BCUT2D eigenvalue weighted by atomic mass is 16.5. The van der Waals surface area contributed by atoms with Crippen molar-refractivity contribution in [1.29, 1.82) is 0 Å². The van der Waals surface area contributed by atoms with E-state index in [0.29, 0.717) is 31.3 Å². The average molecular weight is 440 g/mol. The molecule has 33 heavy (non-hydrogen) atoms. The first kappa shape index (κ1) is 20.9. The van der Waals surface area contributed by atoms with Crippen LogP contribution in [0.1, 0.15) is 34.9 Å². The van der Waals surface area contributed by atoms with Crippen LogP contribution in [0, 0.1) is 13.8 Å². The van der Waals surface area contributed by atoms with Crippen molar-refractivity contribution < 1.29 is 14.1 Å². The van der Waals surface area contributed by atoms with Gasteiger partial charge in [0.2, 0.25) is 17.6 Å². The predicted molar refractivity (Wildman–Crippen MR) is 126 cm³/mol. The Balaban J connectivity index is 1.25. The quantitative estimate of drug-likeness (QED) is 0.399. The molecule has 1 aliphatic rings. The van der Waals surface area contributed by atoms with Crippen molar-refractivity contribution >= 4 is 11.6 Å². The van der Waals surface area contributed by atoms with Gasteiger partial charge in [-0.1, -0.05) is 41.6 Å². The van der Waals surface area contributed by atoms with E-state index in [1.165, 1.54) is 11.1 Å². The first-order valence-corrected chi connectivity index (χ1v) is 11.1. The number of hydrogen-bond donors (Lipinski definition) is 0. The molecule has 0 bridgehead atoms. The molecule has 6 nitrogen and oxygen atoms in total. The minimum Gasteiger partial charge on any atom is -0.489 e. The second-order valence-corrected chi connectivity index (χ2v) is 8.43. The minimum absolute atomic E-state index is 0.0721. The van der Waals surface area contributed by atoms with Crippen LogP contribution >= 0.6 is 0 Å². The first-order chi connectivity index (χ1) is 16.1. The Labute approximate surface area is 192 Å². The van der Waals surface area contributed by atoms with Crippen molar-refractivity contribution in [3.63, 3.8) is 0 Å². The SMILES string of the molecule is Cc1ccc(N2CC(c3nc(-c4ccc(OCc5ccccc5)cc4)no3)CC2=O)cc1C. The molecular weight excluding hydrogens is 414 g/mol. The van der Waals surface area contributed by atoms with Crippen LogP contribution in [-0.4, -0.2) is 22.6 Å². The third-order valence-electron chi connectivity index (χ3n) is 6.08. The lowest BCUT2D eigenvalue weighted by atomic mass is 10.1. The van der Waals surface area contributed by atoms with Gasteiger partial charge in [-0.25, -0.2) is 0 Å². The molecule has 0 spiro atoms. The fourth-order valence-electron chi connectivity index (χ4n) is 3.98. The maximum atomic E-state index is 12.7. The first-order valence-electron chi connectivity index (χ1n) is 11.1. The lowest BCUT2D eigenvalue weighted by molar-refractivity contribution is -0.117. The van der Waals surface area contributed by atoms with Crippen LogP contribution in [0.15, 0.2) is 77.3 Å². The standard InChI is InChI=1S/C27H25N3O3/c1-18-8-11-23(14-19(18)2)30-16-22(15-25(30)31)27-28-26(29-33-27)21-9-12-24(13-10-21)32-17-20-6-4-3-5-7-20/h3-14,22H,15-17H2,1-2H3. The predicted octanol–water partition coefficient (Wildman–Crippen LogP) is 5.45. The third-order valence-corrected chi connectivity index (χ3v) is 6.08. The lowest BCUT2D eigenvalue weighted by Gasteiger charge is -2.17. The van der Waals surface area contributed by atoms with Gasteiger partial charge in [0.05, 0.1) is 5.92 Å². The largest absolute Gasteiger partial charge is 0.489 e. The Bertz CT molecular complexity index is 1270. The van der Waals surface area contributed by atoms with Crippen molar-refractivity contribution in [3.05, 3.63) is 95.4 Å². The van der Waals surface area contributed by atoms with E-state index in [4.69, 9.17) is 9.26 Å². The molecule has 2 heterocycles.